The Bertz CT molecular complexity index is 119. The molecule has 13 heavy (non-hydrogen) atoms. The molecule has 2 nitrogen and oxygen atoms in total. The van der Waals surface area contributed by atoms with E-state index in [0.717, 1.165) is 31.6 Å². The summed E-state index contributed by atoms with van der Waals surface area (Å²) in [7, 11) is 0. The number of hydrogen-bond acceptors (Lipinski definition) is 2. The molecule has 0 aliphatic carbocycles. The standard InChI is InChI=1S/C11H23NO/c1-10(2)8-12-6-3-4-11-5-7-13-9-11/h10-12H,3-9H2,1-2H3. The Labute approximate surface area is 82.0 Å². The summed E-state index contributed by atoms with van der Waals surface area (Å²) in [6.07, 6.45) is 3.93. The van der Waals surface area contributed by atoms with E-state index in [1.807, 2.05) is 0 Å². The molecule has 1 rings (SSSR count). The number of rotatable bonds is 6. The zero-order chi connectivity index (χ0) is 9.52. The lowest BCUT2D eigenvalue weighted by atomic mass is 10.0. The first-order valence-corrected chi connectivity index (χ1v) is 5.57. The van der Waals surface area contributed by atoms with Crippen molar-refractivity contribution in [1.82, 2.24) is 5.32 Å². The summed E-state index contributed by atoms with van der Waals surface area (Å²) < 4.78 is 5.33. The van der Waals surface area contributed by atoms with Gasteiger partial charge in [0.2, 0.25) is 0 Å². The minimum atomic E-state index is 0.773. The molecular weight excluding hydrogens is 162 g/mol. The van der Waals surface area contributed by atoms with E-state index in [-0.39, 0.29) is 0 Å². The minimum absolute atomic E-state index is 0.773. The topological polar surface area (TPSA) is 21.3 Å². The molecule has 0 aromatic heterocycles. The van der Waals surface area contributed by atoms with Crippen LogP contribution in [0.4, 0.5) is 0 Å². The zero-order valence-corrected chi connectivity index (χ0v) is 9.01. The van der Waals surface area contributed by atoms with Gasteiger partial charge in [-0.3, -0.25) is 0 Å². The predicted molar refractivity (Wildman–Crippen MR) is 55.9 cm³/mol. The van der Waals surface area contributed by atoms with Gasteiger partial charge in [0.15, 0.2) is 0 Å². The van der Waals surface area contributed by atoms with Crippen molar-refractivity contribution in [2.24, 2.45) is 11.8 Å². The molecule has 0 saturated carbocycles. The van der Waals surface area contributed by atoms with Crippen molar-refractivity contribution >= 4 is 0 Å². The Balaban J connectivity index is 1.83. The number of hydrogen-bond donors (Lipinski definition) is 1. The van der Waals surface area contributed by atoms with E-state index in [1.165, 1.54) is 25.8 Å². The highest BCUT2D eigenvalue weighted by Gasteiger charge is 2.14. The highest BCUT2D eigenvalue weighted by atomic mass is 16.5. The van der Waals surface area contributed by atoms with Crippen molar-refractivity contribution in [2.45, 2.75) is 33.1 Å². The summed E-state index contributed by atoms with van der Waals surface area (Å²) >= 11 is 0. The molecule has 1 N–H and O–H groups in total. The van der Waals surface area contributed by atoms with Gasteiger partial charge in [-0.1, -0.05) is 13.8 Å². The van der Waals surface area contributed by atoms with Gasteiger partial charge in [-0.2, -0.15) is 0 Å². The van der Waals surface area contributed by atoms with Crippen molar-refractivity contribution < 1.29 is 4.74 Å². The molecule has 1 aliphatic rings. The van der Waals surface area contributed by atoms with Crippen LogP contribution in [-0.2, 0) is 4.74 Å². The molecule has 0 aromatic rings. The molecule has 78 valence electrons. The maximum atomic E-state index is 5.33. The van der Waals surface area contributed by atoms with Crippen molar-refractivity contribution in [3.05, 3.63) is 0 Å². The van der Waals surface area contributed by atoms with Crippen LogP contribution < -0.4 is 5.32 Å². The largest absolute Gasteiger partial charge is 0.381 e. The van der Waals surface area contributed by atoms with Gasteiger partial charge in [-0.25, -0.2) is 0 Å². The van der Waals surface area contributed by atoms with E-state index in [1.54, 1.807) is 0 Å². The second kappa shape index (κ2) is 6.39. The Morgan fingerprint density at radius 3 is 2.92 bits per heavy atom. The lowest BCUT2D eigenvalue weighted by Crippen LogP contribution is -2.21. The summed E-state index contributed by atoms with van der Waals surface area (Å²) in [5.74, 6) is 1.62. The summed E-state index contributed by atoms with van der Waals surface area (Å²) in [4.78, 5) is 0. The summed E-state index contributed by atoms with van der Waals surface area (Å²) in [6.45, 7) is 8.82. The maximum absolute atomic E-state index is 5.33. The molecule has 0 amide bonds. The van der Waals surface area contributed by atoms with Crippen LogP contribution in [0.2, 0.25) is 0 Å². The fraction of sp³-hybridized carbons (Fsp3) is 1.00. The first-order chi connectivity index (χ1) is 6.29. The van der Waals surface area contributed by atoms with Crippen LogP contribution in [0.1, 0.15) is 33.1 Å². The van der Waals surface area contributed by atoms with Crippen molar-refractivity contribution in [3.63, 3.8) is 0 Å². The molecule has 0 bridgehead atoms. The Hall–Kier alpha value is -0.0800. The van der Waals surface area contributed by atoms with Gasteiger partial charge in [0.25, 0.3) is 0 Å². The third-order valence-corrected chi connectivity index (χ3v) is 2.54. The average molecular weight is 185 g/mol. The predicted octanol–water partition coefficient (Wildman–Crippen LogP) is 2.05. The molecule has 1 aliphatic heterocycles. The molecule has 2 heteroatoms. The Morgan fingerprint density at radius 2 is 2.31 bits per heavy atom. The van der Waals surface area contributed by atoms with Gasteiger partial charge in [-0.05, 0) is 44.2 Å². The van der Waals surface area contributed by atoms with Crippen LogP contribution in [0.3, 0.4) is 0 Å². The van der Waals surface area contributed by atoms with Crippen LogP contribution in [0.5, 0.6) is 0 Å². The third kappa shape index (κ3) is 5.27. The zero-order valence-electron chi connectivity index (χ0n) is 9.01. The molecule has 1 atom stereocenters. The lowest BCUT2D eigenvalue weighted by Gasteiger charge is -2.09. The van der Waals surface area contributed by atoms with Crippen LogP contribution in [0, 0.1) is 11.8 Å². The fourth-order valence-corrected chi connectivity index (χ4v) is 1.72. The number of ether oxygens (including phenoxy) is 1. The van der Waals surface area contributed by atoms with Crippen molar-refractivity contribution in [1.29, 1.82) is 0 Å². The van der Waals surface area contributed by atoms with Gasteiger partial charge < -0.3 is 10.1 Å². The van der Waals surface area contributed by atoms with E-state index in [9.17, 15) is 0 Å². The van der Waals surface area contributed by atoms with E-state index < -0.39 is 0 Å². The third-order valence-electron chi connectivity index (χ3n) is 2.54. The molecule has 1 unspecified atom stereocenters. The summed E-state index contributed by atoms with van der Waals surface area (Å²) in [5, 5.41) is 3.47. The van der Waals surface area contributed by atoms with Crippen LogP contribution in [-0.4, -0.2) is 26.3 Å². The molecular formula is C11H23NO. The molecule has 0 spiro atoms. The van der Waals surface area contributed by atoms with E-state index in [0.29, 0.717) is 0 Å². The smallest absolute Gasteiger partial charge is 0.0495 e. The van der Waals surface area contributed by atoms with Gasteiger partial charge in [0, 0.05) is 13.2 Å². The van der Waals surface area contributed by atoms with Gasteiger partial charge in [0.05, 0.1) is 0 Å². The van der Waals surface area contributed by atoms with E-state index in [4.69, 9.17) is 4.74 Å². The molecule has 1 heterocycles. The SMILES string of the molecule is CC(C)CNCCCC1CCOC1. The first kappa shape index (κ1) is 11.0. The Kier molecular flexibility index (Phi) is 5.40. The first-order valence-electron chi connectivity index (χ1n) is 5.57. The minimum Gasteiger partial charge on any atom is -0.381 e. The second-order valence-electron chi connectivity index (χ2n) is 4.47. The quantitative estimate of drug-likeness (QED) is 0.639. The lowest BCUT2D eigenvalue weighted by molar-refractivity contribution is 0.183. The van der Waals surface area contributed by atoms with Gasteiger partial charge in [0.1, 0.15) is 0 Å². The highest BCUT2D eigenvalue weighted by Crippen LogP contribution is 2.17. The molecule has 0 aromatic carbocycles. The summed E-state index contributed by atoms with van der Waals surface area (Å²) in [6, 6.07) is 0. The maximum Gasteiger partial charge on any atom is 0.0495 e. The Morgan fingerprint density at radius 1 is 1.46 bits per heavy atom. The fourth-order valence-electron chi connectivity index (χ4n) is 1.72. The van der Waals surface area contributed by atoms with Crippen molar-refractivity contribution in [2.75, 3.05) is 26.3 Å². The van der Waals surface area contributed by atoms with Crippen LogP contribution in [0.15, 0.2) is 0 Å². The van der Waals surface area contributed by atoms with Crippen molar-refractivity contribution in [3.8, 4) is 0 Å². The van der Waals surface area contributed by atoms with Crippen LogP contribution >= 0.6 is 0 Å². The normalized spacial score (nSPS) is 22.8. The monoisotopic (exact) mass is 185 g/mol. The second-order valence-corrected chi connectivity index (χ2v) is 4.47. The van der Waals surface area contributed by atoms with Crippen LogP contribution in [0.25, 0.3) is 0 Å². The van der Waals surface area contributed by atoms with E-state index >= 15 is 0 Å². The summed E-state index contributed by atoms with van der Waals surface area (Å²) in [5.41, 5.74) is 0. The molecule has 1 saturated heterocycles. The average Bonchev–Trinajstić information content (AvgIpc) is 2.55. The van der Waals surface area contributed by atoms with Gasteiger partial charge in [-0.15, -0.1) is 0 Å². The van der Waals surface area contributed by atoms with Gasteiger partial charge >= 0.3 is 0 Å². The number of nitrogens with one attached hydrogen (secondary N) is 1. The van der Waals surface area contributed by atoms with E-state index in [2.05, 4.69) is 19.2 Å². The molecule has 1 fully saturated rings. The highest BCUT2D eigenvalue weighted by molar-refractivity contribution is 4.64. The molecule has 0 radical (unpaired) electrons.